The second-order valence-corrected chi connectivity index (χ2v) is 2.34. The van der Waals surface area contributed by atoms with Gasteiger partial charge in [0.2, 0.25) is 0 Å². The van der Waals surface area contributed by atoms with Crippen LogP contribution in [-0.2, 0) is 10.1 Å². The maximum absolute atomic E-state index is 10.9. The van der Waals surface area contributed by atoms with Gasteiger partial charge in [0.25, 0.3) is 0 Å². The zero-order valence-corrected chi connectivity index (χ0v) is 6.15. The smallest absolute Gasteiger partial charge is 0.448 e. The monoisotopic (exact) mass is 177 g/mol. The van der Waals surface area contributed by atoms with Crippen LogP contribution in [-0.4, -0.2) is 23.5 Å². The number of rotatable bonds is 1. The Labute approximate surface area is 57.2 Å². The molecule has 1 N–H and O–H groups in total. The molecule has 64 valence electrons. The Morgan fingerprint density at radius 1 is 1.40 bits per heavy atom. The Kier molecular flexibility index (Phi) is 4.70. The van der Waals surface area contributed by atoms with Gasteiger partial charge >= 0.3 is 5.44 Å². The molecule has 10 heavy (non-hydrogen) atoms. The minimum Gasteiger partial charge on any atom is -0.741 e. The van der Waals surface area contributed by atoms with Crippen LogP contribution < -0.4 is 0 Å². The molecular weight excluding hydrogens is 170 g/mol. The van der Waals surface area contributed by atoms with Crippen LogP contribution in [0.1, 0.15) is 13.8 Å². The van der Waals surface area contributed by atoms with E-state index in [4.69, 9.17) is 18.1 Å². The molecule has 4 nitrogen and oxygen atoms in total. The van der Waals surface area contributed by atoms with Crippen molar-refractivity contribution in [2.24, 2.45) is 0 Å². The van der Waals surface area contributed by atoms with Crippen molar-refractivity contribution < 1.29 is 26.9 Å². The molecule has 0 amide bonds. The third-order valence-electron chi connectivity index (χ3n) is 0.301. The maximum Gasteiger partial charge on any atom is 0.448 e. The van der Waals surface area contributed by atoms with E-state index in [-0.39, 0.29) is 0 Å². The van der Waals surface area contributed by atoms with Gasteiger partial charge < -0.3 is 9.66 Å². The lowest BCUT2D eigenvalue weighted by atomic mass is 11.0. The summed E-state index contributed by atoms with van der Waals surface area (Å²) in [5.74, 6) is 0. The summed E-state index contributed by atoms with van der Waals surface area (Å²) in [6.45, 7) is 4.00. The predicted octanol–water partition coefficient (Wildman–Crippen LogP) is 0.100. The first-order valence-electron chi connectivity index (χ1n) is 2.31. The highest BCUT2D eigenvalue weighted by atomic mass is 32.2. The summed E-state index contributed by atoms with van der Waals surface area (Å²) >= 11 is 0. The molecule has 0 aromatic rings. The summed E-state index contributed by atoms with van der Waals surface area (Å²) in [5, 5.41) is 7.12. The fourth-order valence-electron chi connectivity index (χ4n) is 0. The fraction of sp³-hybridized carbons (Fsp3) is 1.00. The molecule has 0 aliphatic heterocycles. The average Bonchev–Trinajstić information content (AvgIpc) is 1.66. The summed E-state index contributed by atoms with van der Waals surface area (Å²) in [5.41, 5.74) is -5.15. The minimum atomic E-state index is -5.87. The van der Waals surface area contributed by atoms with E-state index in [0.717, 1.165) is 0 Å². The highest BCUT2D eigenvalue weighted by Crippen LogP contribution is 2.14. The SMILES string of the molecule is CC.O=S(=O)([O-])C(O)(F)F. The van der Waals surface area contributed by atoms with Crippen molar-refractivity contribution in [3.05, 3.63) is 0 Å². The minimum absolute atomic E-state index is 2.00. The normalized spacial score (nSPS) is 11.8. The van der Waals surface area contributed by atoms with Gasteiger partial charge in [-0.3, -0.25) is 0 Å². The summed E-state index contributed by atoms with van der Waals surface area (Å²) < 4.78 is 49.1. The summed E-state index contributed by atoms with van der Waals surface area (Å²) in [6.07, 6.45) is 0. The van der Waals surface area contributed by atoms with E-state index in [2.05, 4.69) is 0 Å². The van der Waals surface area contributed by atoms with Crippen LogP contribution in [0.15, 0.2) is 0 Å². The highest BCUT2D eigenvalue weighted by molar-refractivity contribution is 7.86. The van der Waals surface area contributed by atoms with Crippen LogP contribution in [0.2, 0.25) is 0 Å². The number of hydrogen-bond donors (Lipinski definition) is 1. The second kappa shape index (κ2) is 3.79. The van der Waals surface area contributed by atoms with Gasteiger partial charge in [-0.05, 0) is 0 Å². The number of aliphatic hydroxyl groups is 1. The van der Waals surface area contributed by atoms with E-state index < -0.39 is 15.6 Å². The Hall–Kier alpha value is -0.270. The van der Waals surface area contributed by atoms with E-state index >= 15 is 0 Å². The van der Waals surface area contributed by atoms with Crippen molar-refractivity contribution in [3.8, 4) is 0 Å². The van der Waals surface area contributed by atoms with Crippen LogP contribution in [0.4, 0.5) is 8.78 Å². The van der Waals surface area contributed by atoms with E-state index in [1.54, 1.807) is 0 Å². The van der Waals surface area contributed by atoms with Crippen LogP contribution in [0.5, 0.6) is 0 Å². The number of hydrogen-bond acceptors (Lipinski definition) is 4. The molecule has 0 aromatic carbocycles. The largest absolute Gasteiger partial charge is 0.741 e. The first-order chi connectivity index (χ1) is 4.25. The maximum atomic E-state index is 10.9. The van der Waals surface area contributed by atoms with E-state index in [9.17, 15) is 8.78 Å². The van der Waals surface area contributed by atoms with Gasteiger partial charge in [0.15, 0.2) is 10.1 Å². The van der Waals surface area contributed by atoms with Crippen molar-refractivity contribution in [2.75, 3.05) is 0 Å². The zero-order chi connectivity index (χ0) is 9.00. The Balaban J connectivity index is 0. The molecule has 0 spiro atoms. The van der Waals surface area contributed by atoms with Gasteiger partial charge in [0.1, 0.15) is 0 Å². The molecule has 0 aromatic heterocycles. The van der Waals surface area contributed by atoms with Crippen LogP contribution in [0.3, 0.4) is 0 Å². The van der Waals surface area contributed by atoms with Gasteiger partial charge in [0, 0.05) is 0 Å². The molecule has 0 bridgehead atoms. The molecule has 0 saturated heterocycles. The second-order valence-electron chi connectivity index (χ2n) is 0.940. The van der Waals surface area contributed by atoms with Gasteiger partial charge in [-0.25, -0.2) is 8.42 Å². The number of halogens is 2. The molecular formula is C3H7F2O4S-. The lowest BCUT2D eigenvalue weighted by molar-refractivity contribution is -0.127. The van der Waals surface area contributed by atoms with Crippen molar-refractivity contribution >= 4 is 10.1 Å². The van der Waals surface area contributed by atoms with Gasteiger partial charge in [-0.1, -0.05) is 13.8 Å². The zero-order valence-electron chi connectivity index (χ0n) is 5.34. The van der Waals surface area contributed by atoms with Gasteiger partial charge in [-0.15, -0.1) is 0 Å². The summed E-state index contributed by atoms with van der Waals surface area (Å²) in [6, 6.07) is 0. The van der Waals surface area contributed by atoms with Crippen LogP contribution in [0.25, 0.3) is 0 Å². The van der Waals surface area contributed by atoms with Gasteiger partial charge in [-0.2, -0.15) is 8.78 Å². The average molecular weight is 177 g/mol. The predicted molar refractivity (Wildman–Crippen MR) is 28.2 cm³/mol. The molecule has 0 rings (SSSR count). The Morgan fingerprint density at radius 2 is 1.50 bits per heavy atom. The Morgan fingerprint density at radius 3 is 1.50 bits per heavy atom. The van der Waals surface area contributed by atoms with E-state index in [1.807, 2.05) is 13.8 Å². The molecule has 7 heteroatoms. The van der Waals surface area contributed by atoms with E-state index in [0.29, 0.717) is 0 Å². The van der Waals surface area contributed by atoms with Crippen LogP contribution >= 0.6 is 0 Å². The lowest BCUT2D eigenvalue weighted by Gasteiger charge is -2.11. The van der Waals surface area contributed by atoms with Crippen molar-refractivity contribution in [3.63, 3.8) is 0 Å². The first-order valence-corrected chi connectivity index (χ1v) is 3.71. The molecule has 0 saturated carbocycles. The molecule has 0 aliphatic carbocycles. The summed E-state index contributed by atoms with van der Waals surface area (Å²) in [7, 11) is -5.87. The molecule has 0 unspecified atom stereocenters. The fourth-order valence-corrected chi connectivity index (χ4v) is 0. The van der Waals surface area contributed by atoms with Crippen molar-refractivity contribution in [1.82, 2.24) is 0 Å². The van der Waals surface area contributed by atoms with Crippen molar-refractivity contribution in [2.45, 2.75) is 19.3 Å². The molecule has 0 atom stereocenters. The molecule has 0 fully saturated rings. The van der Waals surface area contributed by atoms with E-state index in [1.165, 1.54) is 0 Å². The molecule has 0 aliphatic rings. The molecule has 0 heterocycles. The van der Waals surface area contributed by atoms with Gasteiger partial charge in [0.05, 0.1) is 0 Å². The lowest BCUT2D eigenvalue weighted by Crippen LogP contribution is -2.27. The van der Waals surface area contributed by atoms with Crippen molar-refractivity contribution in [1.29, 1.82) is 0 Å². The Bertz CT molecular complexity index is 167. The topological polar surface area (TPSA) is 77.4 Å². The standard InChI is InChI=1S/C2H6.CH2F2O4S/c1-2;2-1(3,4)8(5,6)7/h1-2H3;4H,(H,5,6,7)/p-1. The third kappa shape index (κ3) is 4.59. The third-order valence-corrected chi connectivity index (χ3v) is 0.902. The number of alkyl halides is 2. The first kappa shape index (κ1) is 12.4. The highest BCUT2D eigenvalue weighted by Gasteiger charge is 2.33. The molecule has 0 radical (unpaired) electrons. The quantitative estimate of drug-likeness (QED) is 0.576. The summed E-state index contributed by atoms with van der Waals surface area (Å²) in [4.78, 5) is 0. The van der Waals surface area contributed by atoms with Crippen LogP contribution in [0, 0.1) is 0 Å².